The maximum absolute atomic E-state index is 11.7. The summed E-state index contributed by atoms with van der Waals surface area (Å²) in [5, 5.41) is 17.4. The predicted molar refractivity (Wildman–Crippen MR) is 83.2 cm³/mol. The maximum Gasteiger partial charge on any atom is 0.312 e. The Balaban J connectivity index is 3.99. The molecule has 8 heteroatoms. The molecule has 8 nitrogen and oxygen atoms in total. The molecule has 0 rings (SSSR count). The zero-order valence-corrected chi connectivity index (χ0v) is 14.6. The topological polar surface area (TPSA) is 127 Å². The van der Waals surface area contributed by atoms with Gasteiger partial charge in [0, 0.05) is 0 Å². The lowest BCUT2D eigenvalue weighted by Gasteiger charge is -2.21. The number of aliphatic carboxylic acids is 2. The lowest BCUT2D eigenvalue weighted by Crippen LogP contribution is -2.30. The number of carbonyl (C=O) groups excluding carboxylic acids is 2. The van der Waals surface area contributed by atoms with Crippen molar-refractivity contribution in [2.24, 2.45) is 10.8 Å². The molecule has 0 amide bonds. The van der Waals surface area contributed by atoms with Crippen molar-refractivity contribution in [3.63, 3.8) is 0 Å². The molecule has 0 saturated carbocycles. The highest BCUT2D eigenvalue weighted by atomic mass is 16.5. The molecule has 0 bridgehead atoms. The van der Waals surface area contributed by atoms with Crippen LogP contribution in [-0.4, -0.2) is 47.3 Å². The summed E-state index contributed by atoms with van der Waals surface area (Å²) in [6.45, 7) is 6.17. The maximum atomic E-state index is 11.7. The number of hydrogen-bond donors (Lipinski definition) is 2. The van der Waals surface area contributed by atoms with Gasteiger partial charge in [-0.25, -0.2) is 0 Å². The van der Waals surface area contributed by atoms with E-state index in [0.29, 0.717) is 12.8 Å². The number of ether oxygens (including phenoxy) is 2. The largest absolute Gasteiger partial charge is 0.481 e. The monoisotopic (exact) mass is 346 g/mol. The third-order valence-corrected chi connectivity index (χ3v) is 3.30. The number of unbranched alkanes of at least 4 members (excludes halogenated alkanes) is 1. The smallest absolute Gasteiger partial charge is 0.312 e. The first-order valence-electron chi connectivity index (χ1n) is 7.66. The van der Waals surface area contributed by atoms with Gasteiger partial charge in [0.05, 0.1) is 36.9 Å². The minimum atomic E-state index is -1.10. The van der Waals surface area contributed by atoms with Gasteiger partial charge in [0.1, 0.15) is 0 Å². The fourth-order valence-corrected chi connectivity index (χ4v) is 1.83. The molecular formula is C16H26O8. The minimum absolute atomic E-state index is 0.0952. The van der Waals surface area contributed by atoms with E-state index in [-0.39, 0.29) is 26.1 Å². The van der Waals surface area contributed by atoms with Crippen LogP contribution < -0.4 is 0 Å². The lowest BCUT2D eigenvalue weighted by atomic mass is 9.89. The van der Waals surface area contributed by atoms with Gasteiger partial charge in [0.15, 0.2) is 0 Å². The molecule has 0 aromatic carbocycles. The Labute approximate surface area is 141 Å². The van der Waals surface area contributed by atoms with Crippen LogP contribution in [0.5, 0.6) is 0 Å². The standard InChI is InChI=1S/C16H26O8/c1-15(2,9-11(17)18)13(21)23-7-5-6-8-24-14(22)16(3,4)10-12(19)20/h5-10H2,1-4H3,(H,17,18)(H,19,20). The molecular weight excluding hydrogens is 320 g/mol. The molecule has 0 fully saturated rings. The van der Waals surface area contributed by atoms with Gasteiger partial charge in [-0.2, -0.15) is 0 Å². The van der Waals surface area contributed by atoms with Crippen LogP contribution >= 0.6 is 0 Å². The molecule has 138 valence electrons. The number of carboxylic acids is 2. The zero-order valence-electron chi connectivity index (χ0n) is 14.6. The van der Waals surface area contributed by atoms with Crippen molar-refractivity contribution in [2.45, 2.75) is 53.4 Å². The van der Waals surface area contributed by atoms with Gasteiger partial charge in [-0.05, 0) is 40.5 Å². The van der Waals surface area contributed by atoms with Crippen LogP contribution in [0.3, 0.4) is 0 Å². The Hall–Kier alpha value is -2.12. The summed E-state index contributed by atoms with van der Waals surface area (Å²) in [6, 6.07) is 0. The van der Waals surface area contributed by atoms with Crippen molar-refractivity contribution < 1.29 is 38.9 Å². The molecule has 0 unspecified atom stereocenters. The summed E-state index contributed by atoms with van der Waals surface area (Å²) >= 11 is 0. The van der Waals surface area contributed by atoms with Crippen LogP contribution in [0.1, 0.15) is 53.4 Å². The number of carbonyl (C=O) groups is 4. The second-order valence-electron chi connectivity index (χ2n) is 6.89. The third-order valence-electron chi connectivity index (χ3n) is 3.30. The van der Waals surface area contributed by atoms with Gasteiger partial charge in [0.2, 0.25) is 0 Å². The van der Waals surface area contributed by atoms with E-state index in [1.165, 1.54) is 27.7 Å². The number of esters is 2. The summed E-state index contributed by atoms with van der Waals surface area (Å²) in [5.74, 6) is -3.34. The summed E-state index contributed by atoms with van der Waals surface area (Å²) in [6.07, 6.45) is 0.257. The normalized spacial score (nSPS) is 11.7. The fourth-order valence-electron chi connectivity index (χ4n) is 1.83. The van der Waals surface area contributed by atoms with Crippen LogP contribution in [-0.2, 0) is 28.7 Å². The van der Waals surface area contributed by atoms with Crippen molar-refractivity contribution >= 4 is 23.9 Å². The quantitative estimate of drug-likeness (QED) is 0.428. The molecule has 24 heavy (non-hydrogen) atoms. The van der Waals surface area contributed by atoms with E-state index in [4.69, 9.17) is 19.7 Å². The Kier molecular flexibility index (Phi) is 8.43. The first kappa shape index (κ1) is 21.9. The first-order valence-corrected chi connectivity index (χ1v) is 7.66. The molecule has 2 N–H and O–H groups in total. The highest BCUT2D eigenvalue weighted by Gasteiger charge is 2.33. The summed E-state index contributed by atoms with van der Waals surface area (Å²) in [5.41, 5.74) is -2.20. The molecule has 0 aliphatic heterocycles. The molecule has 0 aliphatic rings. The lowest BCUT2D eigenvalue weighted by molar-refractivity contribution is -0.160. The number of carboxylic acid groups (broad SMARTS) is 2. The molecule has 0 aromatic rings. The van der Waals surface area contributed by atoms with E-state index in [2.05, 4.69) is 0 Å². The van der Waals surface area contributed by atoms with Crippen LogP contribution in [0.4, 0.5) is 0 Å². The van der Waals surface area contributed by atoms with Crippen molar-refractivity contribution in [1.82, 2.24) is 0 Å². The van der Waals surface area contributed by atoms with Crippen LogP contribution in [0, 0.1) is 10.8 Å². The zero-order chi connectivity index (χ0) is 19.0. The average molecular weight is 346 g/mol. The highest BCUT2D eigenvalue weighted by molar-refractivity contribution is 5.82. The SMILES string of the molecule is CC(C)(CC(=O)O)C(=O)OCCCCOC(=O)C(C)(C)CC(=O)O. The minimum Gasteiger partial charge on any atom is -0.481 e. The molecule has 0 atom stereocenters. The van der Waals surface area contributed by atoms with E-state index in [1.54, 1.807) is 0 Å². The Bertz CT molecular complexity index is 434. The van der Waals surface area contributed by atoms with Crippen LogP contribution in [0.2, 0.25) is 0 Å². The molecule has 0 aliphatic carbocycles. The van der Waals surface area contributed by atoms with Crippen molar-refractivity contribution in [3.05, 3.63) is 0 Å². The number of hydrogen-bond acceptors (Lipinski definition) is 6. The predicted octanol–water partition coefficient (Wildman–Crippen LogP) is 1.85. The Morgan fingerprint density at radius 2 is 1.00 bits per heavy atom. The van der Waals surface area contributed by atoms with Gasteiger partial charge in [0.25, 0.3) is 0 Å². The summed E-state index contributed by atoms with van der Waals surface area (Å²) in [4.78, 5) is 44.8. The summed E-state index contributed by atoms with van der Waals surface area (Å²) in [7, 11) is 0. The molecule has 0 radical (unpaired) electrons. The van der Waals surface area contributed by atoms with Gasteiger partial charge in [-0.1, -0.05) is 0 Å². The van der Waals surface area contributed by atoms with Gasteiger partial charge in [-0.15, -0.1) is 0 Å². The Morgan fingerprint density at radius 3 is 1.25 bits per heavy atom. The molecule has 0 saturated heterocycles. The second kappa shape index (κ2) is 9.24. The average Bonchev–Trinajstić information content (AvgIpc) is 2.38. The summed E-state index contributed by atoms with van der Waals surface area (Å²) < 4.78 is 10.0. The third kappa shape index (κ3) is 8.50. The van der Waals surface area contributed by atoms with Crippen molar-refractivity contribution in [3.8, 4) is 0 Å². The second-order valence-corrected chi connectivity index (χ2v) is 6.89. The highest BCUT2D eigenvalue weighted by Crippen LogP contribution is 2.23. The van der Waals surface area contributed by atoms with Crippen molar-refractivity contribution in [1.29, 1.82) is 0 Å². The molecule has 0 aromatic heterocycles. The van der Waals surface area contributed by atoms with E-state index in [9.17, 15) is 19.2 Å². The first-order chi connectivity index (χ1) is 10.9. The van der Waals surface area contributed by atoms with Gasteiger partial charge >= 0.3 is 23.9 Å². The van der Waals surface area contributed by atoms with Crippen LogP contribution in [0.15, 0.2) is 0 Å². The van der Waals surface area contributed by atoms with Gasteiger partial charge in [-0.3, -0.25) is 19.2 Å². The van der Waals surface area contributed by atoms with E-state index >= 15 is 0 Å². The Morgan fingerprint density at radius 1 is 0.708 bits per heavy atom. The van der Waals surface area contributed by atoms with Crippen LogP contribution in [0.25, 0.3) is 0 Å². The van der Waals surface area contributed by atoms with E-state index in [0.717, 1.165) is 0 Å². The molecule has 0 spiro atoms. The number of rotatable bonds is 11. The van der Waals surface area contributed by atoms with E-state index in [1.807, 2.05) is 0 Å². The van der Waals surface area contributed by atoms with Gasteiger partial charge < -0.3 is 19.7 Å². The van der Waals surface area contributed by atoms with E-state index < -0.39 is 34.7 Å². The van der Waals surface area contributed by atoms with Crippen molar-refractivity contribution in [2.75, 3.05) is 13.2 Å². The molecule has 0 heterocycles. The fraction of sp³-hybridized carbons (Fsp3) is 0.750.